The van der Waals surface area contributed by atoms with Crippen LogP contribution in [0, 0.1) is 41.5 Å². The summed E-state index contributed by atoms with van der Waals surface area (Å²) in [6.07, 6.45) is 17.9. The third-order valence-electron chi connectivity index (χ3n) is 4.34. The van der Waals surface area contributed by atoms with Gasteiger partial charge in [-0.25, -0.2) is 0 Å². The van der Waals surface area contributed by atoms with Crippen LogP contribution in [0.2, 0.25) is 0 Å². The Balaban J connectivity index is -0.0000000474. The minimum absolute atomic E-state index is 0. The van der Waals surface area contributed by atoms with Gasteiger partial charge in [0.15, 0.2) is 0 Å². The fourth-order valence-electron chi connectivity index (χ4n) is 3.41. The van der Waals surface area contributed by atoms with Crippen molar-refractivity contribution >= 4 is 0 Å². The summed E-state index contributed by atoms with van der Waals surface area (Å²) in [5.74, 6) is 2.22. The van der Waals surface area contributed by atoms with Crippen LogP contribution in [0.4, 0.5) is 0 Å². The van der Waals surface area contributed by atoms with Gasteiger partial charge in [0, 0.05) is 0 Å². The van der Waals surface area contributed by atoms with Crippen molar-refractivity contribution in [3.05, 3.63) is 29.7 Å². The van der Waals surface area contributed by atoms with Crippen LogP contribution < -0.4 is 0 Å². The van der Waals surface area contributed by atoms with Crippen LogP contribution in [0.3, 0.4) is 0 Å². The molecule has 0 N–H and O–H groups in total. The second kappa shape index (κ2) is 30.7. The molecule has 2 aliphatic rings. The van der Waals surface area contributed by atoms with E-state index in [0.29, 0.717) is 0 Å². The molecule has 1 heteroatoms. The van der Waals surface area contributed by atoms with Crippen molar-refractivity contribution in [3.8, 4) is 0 Å². The van der Waals surface area contributed by atoms with Gasteiger partial charge in [0.05, 0.1) is 0 Å². The minimum atomic E-state index is 0. The van der Waals surface area contributed by atoms with Gasteiger partial charge in [0.1, 0.15) is 0 Å². The first-order chi connectivity index (χ1) is 8.86. The number of rotatable bonds is 4. The molecule has 142 valence electrons. The molecule has 0 aromatic carbocycles. The summed E-state index contributed by atoms with van der Waals surface area (Å²) in [7, 11) is 0. The number of hydrogen-bond acceptors (Lipinski definition) is 0. The molecule has 23 heavy (non-hydrogen) atoms. The molecule has 0 bridgehead atoms. The molecule has 0 amide bonds. The van der Waals surface area contributed by atoms with E-state index in [1.165, 1.54) is 77.0 Å². The first-order valence-corrected chi connectivity index (χ1v) is 8.86. The quantitative estimate of drug-likeness (QED) is 0.271. The molecular weight excluding hydrogens is 443 g/mol. The minimum Gasteiger partial charge on any atom is -0.358 e. The van der Waals surface area contributed by atoms with E-state index in [0.717, 1.165) is 11.8 Å². The van der Waals surface area contributed by atoms with Gasteiger partial charge < -0.3 is 29.7 Å². The molecule has 2 saturated carbocycles. The fourth-order valence-corrected chi connectivity index (χ4v) is 3.41. The van der Waals surface area contributed by atoms with E-state index in [2.05, 4.69) is 13.8 Å². The SMILES string of the molecule is CC.CCCC1CCCC1.CCCC1CCCC1.[CH3-].[CH3-].[CH3-].[CH3-].[Hf+4]. The molecule has 0 aromatic rings. The Morgan fingerprint density at radius 1 is 0.565 bits per heavy atom. The Hall–Kier alpha value is 0.870. The standard InChI is InChI=1S/2C8H16.C2H6.4CH3.Hf/c2*1-2-5-8-6-3-4-7-8;1-2;;;;;/h2*8H,2-7H2,1H3;1-2H3;4*1H3;/q;;;4*-1;+4. The predicted molar refractivity (Wildman–Crippen MR) is 111 cm³/mol. The largest absolute Gasteiger partial charge is 4.00 e. The van der Waals surface area contributed by atoms with E-state index in [9.17, 15) is 0 Å². The van der Waals surface area contributed by atoms with Crippen molar-refractivity contribution in [2.45, 2.75) is 105 Å². The predicted octanol–water partition coefficient (Wildman–Crippen LogP) is 8.78. The molecule has 0 heterocycles. The average molecular weight is 493 g/mol. The molecule has 0 nitrogen and oxygen atoms in total. The molecule has 0 atom stereocenters. The zero-order valence-electron chi connectivity index (χ0n) is 18.1. The third kappa shape index (κ3) is 22.9. The zero-order valence-corrected chi connectivity index (χ0v) is 21.7. The van der Waals surface area contributed by atoms with Gasteiger partial charge in [0.2, 0.25) is 0 Å². The second-order valence-electron chi connectivity index (χ2n) is 5.88. The van der Waals surface area contributed by atoms with E-state index in [1.54, 1.807) is 0 Å². The van der Waals surface area contributed by atoms with Crippen molar-refractivity contribution in [3.63, 3.8) is 0 Å². The Labute approximate surface area is 171 Å². The smallest absolute Gasteiger partial charge is 0.358 e. The molecule has 2 fully saturated rings. The van der Waals surface area contributed by atoms with Crippen molar-refractivity contribution < 1.29 is 25.8 Å². The van der Waals surface area contributed by atoms with Gasteiger partial charge >= 0.3 is 25.8 Å². The molecule has 2 rings (SSSR count). The van der Waals surface area contributed by atoms with Gasteiger partial charge in [-0.1, -0.05) is 105 Å². The Morgan fingerprint density at radius 3 is 0.957 bits per heavy atom. The van der Waals surface area contributed by atoms with E-state index in [-0.39, 0.29) is 55.5 Å². The molecule has 2 aliphatic carbocycles. The Morgan fingerprint density at radius 2 is 0.783 bits per heavy atom. The van der Waals surface area contributed by atoms with Gasteiger partial charge in [0.25, 0.3) is 0 Å². The van der Waals surface area contributed by atoms with Crippen LogP contribution in [-0.4, -0.2) is 0 Å². The van der Waals surface area contributed by atoms with Crippen molar-refractivity contribution in [2.75, 3.05) is 0 Å². The van der Waals surface area contributed by atoms with E-state index < -0.39 is 0 Å². The van der Waals surface area contributed by atoms with Crippen molar-refractivity contribution in [2.24, 2.45) is 11.8 Å². The van der Waals surface area contributed by atoms with Crippen LogP contribution >= 0.6 is 0 Å². The summed E-state index contributed by atoms with van der Waals surface area (Å²) in [5, 5.41) is 0. The van der Waals surface area contributed by atoms with Crippen molar-refractivity contribution in [1.29, 1.82) is 0 Å². The van der Waals surface area contributed by atoms with E-state index >= 15 is 0 Å². The Bertz CT molecular complexity index is 126. The maximum Gasteiger partial charge on any atom is 4.00 e. The normalized spacial score (nSPS) is 15.7. The first kappa shape index (κ1) is 39.1. The first-order valence-electron chi connectivity index (χ1n) is 8.86. The Kier molecular flexibility index (Phi) is 52.2. The van der Waals surface area contributed by atoms with E-state index in [1.807, 2.05) is 13.8 Å². The summed E-state index contributed by atoms with van der Waals surface area (Å²) in [4.78, 5) is 0. The molecule has 0 saturated heterocycles. The molecular formula is C22H50Hf. The van der Waals surface area contributed by atoms with Gasteiger partial charge in [-0.05, 0) is 11.8 Å². The van der Waals surface area contributed by atoms with Crippen LogP contribution in [0.1, 0.15) is 105 Å². The topological polar surface area (TPSA) is 0 Å². The summed E-state index contributed by atoms with van der Waals surface area (Å²) in [5.41, 5.74) is 0. The molecule has 0 spiro atoms. The fraction of sp³-hybridized carbons (Fsp3) is 0.818. The van der Waals surface area contributed by atoms with E-state index in [4.69, 9.17) is 0 Å². The summed E-state index contributed by atoms with van der Waals surface area (Å²) in [6.45, 7) is 8.58. The maximum atomic E-state index is 2.29. The molecule has 0 radical (unpaired) electrons. The van der Waals surface area contributed by atoms with Crippen LogP contribution in [-0.2, 0) is 25.8 Å². The van der Waals surface area contributed by atoms with Crippen molar-refractivity contribution in [1.82, 2.24) is 0 Å². The van der Waals surface area contributed by atoms with Crippen LogP contribution in [0.25, 0.3) is 0 Å². The third-order valence-corrected chi connectivity index (χ3v) is 4.34. The van der Waals surface area contributed by atoms with Gasteiger partial charge in [-0.15, -0.1) is 0 Å². The molecule has 0 unspecified atom stereocenters. The second-order valence-corrected chi connectivity index (χ2v) is 5.88. The maximum absolute atomic E-state index is 2.29. The van der Waals surface area contributed by atoms with Gasteiger partial charge in [-0.2, -0.15) is 0 Å². The van der Waals surface area contributed by atoms with Gasteiger partial charge in [-0.3, -0.25) is 0 Å². The molecule has 0 aromatic heterocycles. The summed E-state index contributed by atoms with van der Waals surface area (Å²) in [6, 6.07) is 0. The summed E-state index contributed by atoms with van der Waals surface area (Å²) < 4.78 is 0. The monoisotopic (exact) mass is 494 g/mol. The average Bonchev–Trinajstić information content (AvgIpc) is 3.07. The summed E-state index contributed by atoms with van der Waals surface area (Å²) >= 11 is 0. The molecule has 0 aliphatic heterocycles. The van der Waals surface area contributed by atoms with Crippen LogP contribution in [0.15, 0.2) is 0 Å². The van der Waals surface area contributed by atoms with Crippen LogP contribution in [0.5, 0.6) is 0 Å². The zero-order chi connectivity index (χ0) is 13.6. The number of hydrogen-bond donors (Lipinski definition) is 0.